The molecule has 0 aliphatic rings. The topological polar surface area (TPSA) is 65.3 Å². The van der Waals surface area contributed by atoms with Crippen LogP contribution in [0.1, 0.15) is 11.1 Å². The van der Waals surface area contributed by atoms with Gasteiger partial charge in [0.2, 0.25) is 0 Å². The van der Waals surface area contributed by atoms with E-state index < -0.39 is 16.7 Å². The zero-order valence-corrected chi connectivity index (χ0v) is 17.3. The number of benzene rings is 3. The van der Waals surface area contributed by atoms with Gasteiger partial charge < -0.3 is 4.74 Å². The lowest BCUT2D eigenvalue weighted by molar-refractivity contribution is -0.387. The van der Waals surface area contributed by atoms with Crippen molar-refractivity contribution in [3.05, 3.63) is 88.0 Å². The summed E-state index contributed by atoms with van der Waals surface area (Å²) in [6.07, 6.45) is -4.47. The van der Waals surface area contributed by atoms with Crippen LogP contribution in [0.3, 0.4) is 0 Å². The van der Waals surface area contributed by atoms with E-state index in [0.717, 1.165) is 22.3 Å². The molecule has 0 aliphatic carbocycles. The van der Waals surface area contributed by atoms with E-state index in [9.17, 15) is 23.3 Å². The standard InChI is InChI=1S/C21H13F3N2O3S2/c22-21(23,24)14-4-3-5-15(11-14)29-12-13-8-9-19(17(10-13)26(27)28)31-20-25-16-6-1-2-7-18(16)30-20/h1-11H,12H2. The van der Waals surface area contributed by atoms with E-state index in [1.165, 1.54) is 41.3 Å². The molecule has 31 heavy (non-hydrogen) atoms. The maximum absolute atomic E-state index is 12.8. The van der Waals surface area contributed by atoms with Crippen LogP contribution in [-0.2, 0) is 12.8 Å². The largest absolute Gasteiger partial charge is 0.489 e. The van der Waals surface area contributed by atoms with E-state index in [2.05, 4.69) is 4.98 Å². The minimum atomic E-state index is -4.47. The van der Waals surface area contributed by atoms with Crippen molar-refractivity contribution in [1.29, 1.82) is 0 Å². The van der Waals surface area contributed by atoms with Crippen LogP contribution in [0, 0.1) is 10.1 Å². The highest BCUT2D eigenvalue weighted by atomic mass is 32.2. The van der Waals surface area contributed by atoms with Crippen molar-refractivity contribution in [2.75, 3.05) is 0 Å². The molecular weight excluding hydrogens is 449 g/mol. The Morgan fingerprint density at radius 1 is 1.06 bits per heavy atom. The highest BCUT2D eigenvalue weighted by Crippen LogP contribution is 2.39. The first-order valence-electron chi connectivity index (χ1n) is 8.90. The lowest BCUT2D eigenvalue weighted by atomic mass is 10.2. The van der Waals surface area contributed by atoms with Crippen molar-refractivity contribution < 1.29 is 22.8 Å². The number of para-hydroxylation sites is 1. The first kappa shape index (κ1) is 21.1. The zero-order chi connectivity index (χ0) is 22.0. The SMILES string of the molecule is O=[N+]([O-])c1cc(COc2cccc(C(F)(F)F)c2)ccc1Sc1nc2ccccc2s1. The summed E-state index contributed by atoms with van der Waals surface area (Å²) in [5.41, 5.74) is 0.356. The number of halogens is 3. The van der Waals surface area contributed by atoms with Gasteiger partial charge in [-0.1, -0.05) is 36.0 Å². The van der Waals surface area contributed by atoms with Gasteiger partial charge in [-0.3, -0.25) is 10.1 Å². The molecule has 0 fully saturated rings. The van der Waals surface area contributed by atoms with Gasteiger partial charge in [0, 0.05) is 6.07 Å². The number of nitro benzene ring substituents is 1. The lowest BCUT2D eigenvalue weighted by Gasteiger charge is -2.10. The fraction of sp³-hybridized carbons (Fsp3) is 0.0952. The van der Waals surface area contributed by atoms with Crippen LogP contribution in [0.25, 0.3) is 10.2 Å². The summed E-state index contributed by atoms with van der Waals surface area (Å²) in [4.78, 5) is 16.0. The molecule has 0 bridgehead atoms. The van der Waals surface area contributed by atoms with Crippen molar-refractivity contribution in [2.24, 2.45) is 0 Å². The predicted molar refractivity (Wildman–Crippen MR) is 113 cm³/mol. The third-order valence-corrected chi connectivity index (χ3v) is 6.42. The Morgan fingerprint density at radius 3 is 2.61 bits per heavy atom. The fourth-order valence-corrected chi connectivity index (χ4v) is 4.91. The van der Waals surface area contributed by atoms with Gasteiger partial charge in [0.1, 0.15) is 12.4 Å². The second kappa shape index (κ2) is 8.56. The number of nitrogens with zero attached hydrogens (tertiary/aromatic N) is 2. The Hall–Kier alpha value is -3.11. The van der Waals surface area contributed by atoms with E-state index >= 15 is 0 Å². The second-order valence-electron chi connectivity index (χ2n) is 6.42. The number of thiazole rings is 1. The molecule has 3 aromatic carbocycles. The molecule has 5 nitrogen and oxygen atoms in total. The average Bonchev–Trinajstić information content (AvgIpc) is 3.15. The van der Waals surface area contributed by atoms with E-state index in [4.69, 9.17) is 4.74 Å². The average molecular weight is 462 g/mol. The number of rotatable bonds is 6. The zero-order valence-electron chi connectivity index (χ0n) is 15.6. The van der Waals surface area contributed by atoms with E-state index in [0.29, 0.717) is 14.8 Å². The number of hydrogen-bond donors (Lipinski definition) is 0. The highest BCUT2D eigenvalue weighted by Gasteiger charge is 2.30. The number of aromatic nitrogens is 1. The molecule has 10 heteroatoms. The third kappa shape index (κ3) is 4.97. The van der Waals surface area contributed by atoms with Gasteiger partial charge in [0.25, 0.3) is 5.69 Å². The summed E-state index contributed by atoms with van der Waals surface area (Å²) in [7, 11) is 0. The van der Waals surface area contributed by atoms with Crippen LogP contribution in [0.2, 0.25) is 0 Å². The summed E-state index contributed by atoms with van der Waals surface area (Å²) in [5, 5.41) is 11.6. The lowest BCUT2D eigenvalue weighted by Crippen LogP contribution is -2.05. The molecule has 0 spiro atoms. The van der Waals surface area contributed by atoms with Crippen molar-refractivity contribution in [2.45, 2.75) is 22.0 Å². The summed E-state index contributed by atoms with van der Waals surface area (Å²) in [6.45, 7) is -0.103. The molecule has 0 saturated heterocycles. The molecule has 4 aromatic rings. The quantitative estimate of drug-likeness (QED) is 0.229. The minimum Gasteiger partial charge on any atom is -0.489 e. The number of alkyl halides is 3. The molecule has 0 unspecified atom stereocenters. The van der Waals surface area contributed by atoms with Gasteiger partial charge in [0.05, 0.1) is 25.6 Å². The third-order valence-electron chi connectivity index (χ3n) is 4.26. The Balaban J connectivity index is 1.53. The number of hydrogen-bond acceptors (Lipinski definition) is 6. The summed E-state index contributed by atoms with van der Waals surface area (Å²) < 4.78 is 45.6. The molecule has 0 amide bonds. The van der Waals surface area contributed by atoms with Gasteiger partial charge in [-0.15, -0.1) is 11.3 Å². The van der Waals surface area contributed by atoms with Gasteiger partial charge in [-0.25, -0.2) is 4.98 Å². The molecule has 1 aromatic heterocycles. The maximum Gasteiger partial charge on any atom is 0.416 e. The van der Waals surface area contributed by atoms with Crippen LogP contribution in [-0.4, -0.2) is 9.91 Å². The first-order valence-corrected chi connectivity index (χ1v) is 10.5. The van der Waals surface area contributed by atoms with Crippen molar-refractivity contribution in [3.63, 3.8) is 0 Å². The smallest absolute Gasteiger partial charge is 0.416 e. The maximum atomic E-state index is 12.8. The number of ether oxygens (including phenoxy) is 1. The Kier molecular flexibility index (Phi) is 5.84. The Morgan fingerprint density at radius 2 is 1.87 bits per heavy atom. The molecule has 158 valence electrons. The van der Waals surface area contributed by atoms with Gasteiger partial charge in [-0.2, -0.15) is 13.2 Å². The summed E-state index contributed by atoms with van der Waals surface area (Å²) >= 11 is 2.64. The molecule has 0 N–H and O–H groups in total. The minimum absolute atomic E-state index is 0.0328. The van der Waals surface area contributed by atoms with Crippen molar-refractivity contribution >= 4 is 39.0 Å². The summed E-state index contributed by atoms with van der Waals surface area (Å²) in [5.74, 6) is 0.0328. The van der Waals surface area contributed by atoms with Crippen LogP contribution in [0.5, 0.6) is 5.75 Å². The monoisotopic (exact) mass is 462 g/mol. The normalized spacial score (nSPS) is 11.6. The van der Waals surface area contributed by atoms with Gasteiger partial charge in [-0.05, 0) is 42.0 Å². The molecule has 0 saturated carbocycles. The second-order valence-corrected chi connectivity index (χ2v) is 8.74. The van der Waals surface area contributed by atoms with E-state index in [1.54, 1.807) is 12.1 Å². The van der Waals surface area contributed by atoms with E-state index in [-0.39, 0.29) is 18.0 Å². The number of fused-ring (bicyclic) bond motifs is 1. The number of nitro groups is 1. The Bertz CT molecular complexity index is 1230. The van der Waals surface area contributed by atoms with Crippen LogP contribution in [0.4, 0.5) is 18.9 Å². The molecule has 1 heterocycles. The first-order chi connectivity index (χ1) is 14.8. The Labute approximate surface area is 182 Å². The predicted octanol–water partition coefficient (Wildman–Crippen LogP) is 6.95. The van der Waals surface area contributed by atoms with Crippen LogP contribution < -0.4 is 4.74 Å². The highest BCUT2D eigenvalue weighted by molar-refractivity contribution is 8.01. The van der Waals surface area contributed by atoms with Crippen molar-refractivity contribution in [3.8, 4) is 5.75 Å². The van der Waals surface area contributed by atoms with Crippen molar-refractivity contribution in [1.82, 2.24) is 4.98 Å². The van der Waals surface area contributed by atoms with Crippen LogP contribution >= 0.6 is 23.1 Å². The molecular formula is C21H13F3N2O3S2. The molecule has 0 aliphatic heterocycles. The molecule has 0 atom stereocenters. The van der Waals surface area contributed by atoms with Gasteiger partial charge in [0.15, 0.2) is 4.34 Å². The van der Waals surface area contributed by atoms with Crippen LogP contribution in [0.15, 0.2) is 76.0 Å². The molecule has 4 rings (SSSR count). The molecule has 0 radical (unpaired) electrons. The summed E-state index contributed by atoms with van der Waals surface area (Å²) in [6, 6.07) is 16.7. The van der Waals surface area contributed by atoms with Gasteiger partial charge >= 0.3 is 6.18 Å². The van der Waals surface area contributed by atoms with E-state index in [1.807, 2.05) is 24.3 Å². The fourth-order valence-electron chi connectivity index (χ4n) is 2.80.